The van der Waals surface area contributed by atoms with Crippen LogP contribution in [0.15, 0.2) is 59.5 Å². The number of halogens is 5. The number of hydrogen-bond acceptors (Lipinski definition) is 3. The summed E-state index contributed by atoms with van der Waals surface area (Å²) in [4.78, 5) is 13.0. The van der Waals surface area contributed by atoms with Crippen LogP contribution in [-0.2, 0) is 10.6 Å². The van der Waals surface area contributed by atoms with Gasteiger partial charge in [-0.1, -0.05) is 69.4 Å². The van der Waals surface area contributed by atoms with Gasteiger partial charge in [-0.05, 0) is 42.7 Å². The largest absolute Gasteiger partial charge is 0.382 e. The molecule has 0 amide bonds. The van der Waals surface area contributed by atoms with Gasteiger partial charge in [0.05, 0.1) is 17.6 Å². The minimum atomic E-state index is -0.296. The lowest BCUT2D eigenvalue weighted by Gasteiger charge is -2.05. The first-order chi connectivity index (χ1) is 11.8. The molecule has 0 radical (unpaired) electrons. The maximum absolute atomic E-state index is 12.0. The fraction of sp³-hybridized carbons (Fsp3) is 0.381. The second-order valence-electron chi connectivity index (χ2n) is 5.98. The molecule has 2 rings (SSSR count). The molecule has 2 aromatic rings. The average molecular weight is 443 g/mol. The highest BCUT2D eigenvalue weighted by Crippen LogP contribution is 2.20. The van der Waals surface area contributed by atoms with Crippen LogP contribution in [0.1, 0.15) is 61.4 Å². The number of unbranched alkanes of at least 4 members (excludes halogenated alkanes) is 5. The summed E-state index contributed by atoms with van der Waals surface area (Å²) in [6, 6.07) is 17.4. The van der Waals surface area contributed by atoms with Gasteiger partial charge in [0.15, 0.2) is 0 Å². The van der Waals surface area contributed by atoms with E-state index in [1.165, 1.54) is 44.1 Å². The summed E-state index contributed by atoms with van der Waals surface area (Å²) in [5.41, 5.74) is 1.89. The predicted molar refractivity (Wildman–Crippen MR) is 114 cm³/mol. The van der Waals surface area contributed by atoms with Crippen molar-refractivity contribution in [1.29, 1.82) is 0 Å². The van der Waals surface area contributed by atoms with Gasteiger partial charge in [0.1, 0.15) is 0 Å². The highest BCUT2D eigenvalue weighted by Gasteiger charge is 2.08. The van der Waals surface area contributed by atoms with E-state index in [4.69, 9.17) is 4.18 Å². The van der Waals surface area contributed by atoms with Gasteiger partial charge >= 0.3 is 5.97 Å². The molecule has 0 spiro atoms. The van der Waals surface area contributed by atoms with Crippen LogP contribution in [0.5, 0.6) is 0 Å². The van der Waals surface area contributed by atoms with E-state index in [2.05, 4.69) is 6.92 Å². The van der Waals surface area contributed by atoms with Crippen molar-refractivity contribution in [3.8, 4) is 0 Å². The molecular formula is C21H31F5O2S. The second kappa shape index (κ2) is 20.6. The van der Waals surface area contributed by atoms with Crippen molar-refractivity contribution in [3.63, 3.8) is 0 Å². The highest BCUT2D eigenvalue weighted by atomic mass is 32.2. The first-order valence-electron chi connectivity index (χ1n) is 8.82. The maximum Gasteiger partial charge on any atom is 0.350 e. The summed E-state index contributed by atoms with van der Waals surface area (Å²) in [6.45, 7) is 2.24. The molecule has 8 heteroatoms. The molecule has 168 valence electrons. The molecular weight excluding hydrogens is 411 g/mol. The standard InChI is InChI=1S/C21H26O2S.5FH/c1-2-3-4-5-6-8-11-18-14-16-19(17-15-18)21(22)23-24-20-12-9-7-10-13-20;;;;;/h7,9-10,12-17H,2-6,8,11H2,1H3;5*1H. The number of carbonyl (C=O) groups excluding carboxylic acids is 1. The lowest BCUT2D eigenvalue weighted by Crippen LogP contribution is -2.00. The lowest BCUT2D eigenvalue weighted by molar-refractivity contribution is 0.0768. The van der Waals surface area contributed by atoms with Gasteiger partial charge in [0.2, 0.25) is 0 Å². The molecule has 0 N–H and O–H groups in total. The Kier molecular flexibility index (Phi) is 24.5. The molecule has 29 heavy (non-hydrogen) atoms. The van der Waals surface area contributed by atoms with Gasteiger partial charge < -0.3 is 4.18 Å². The molecule has 0 saturated heterocycles. The smallest absolute Gasteiger partial charge is 0.350 e. The van der Waals surface area contributed by atoms with Crippen molar-refractivity contribution in [3.05, 3.63) is 65.7 Å². The van der Waals surface area contributed by atoms with Crippen LogP contribution in [-0.4, -0.2) is 5.97 Å². The third kappa shape index (κ3) is 13.7. The molecule has 0 aliphatic carbocycles. The van der Waals surface area contributed by atoms with Crippen LogP contribution in [0.2, 0.25) is 0 Å². The maximum atomic E-state index is 12.0. The van der Waals surface area contributed by atoms with Gasteiger partial charge in [0, 0.05) is 4.90 Å². The molecule has 0 fully saturated rings. The van der Waals surface area contributed by atoms with Crippen molar-refractivity contribution in [2.24, 2.45) is 0 Å². The van der Waals surface area contributed by atoms with Crippen molar-refractivity contribution in [2.45, 2.75) is 56.8 Å². The number of aryl methyl sites for hydroxylation is 1. The van der Waals surface area contributed by atoms with Crippen LogP contribution in [0.25, 0.3) is 0 Å². The fourth-order valence-corrected chi connectivity index (χ4v) is 3.06. The number of benzene rings is 2. The zero-order valence-electron chi connectivity index (χ0n) is 16.4. The summed E-state index contributed by atoms with van der Waals surface area (Å²) >= 11 is 1.10. The van der Waals surface area contributed by atoms with Crippen LogP contribution in [0, 0.1) is 0 Å². The molecule has 2 nitrogen and oxygen atoms in total. The van der Waals surface area contributed by atoms with Crippen molar-refractivity contribution in [2.75, 3.05) is 0 Å². The molecule has 0 atom stereocenters. The number of hydrogen-bond donors (Lipinski definition) is 0. The fourth-order valence-electron chi connectivity index (χ4n) is 2.53. The molecule has 0 aliphatic rings. The van der Waals surface area contributed by atoms with Gasteiger partial charge in [-0.3, -0.25) is 23.5 Å². The van der Waals surface area contributed by atoms with Crippen molar-refractivity contribution >= 4 is 18.0 Å². The van der Waals surface area contributed by atoms with E-state index in [0.717, 1.165) is 23.4 Å². The Morgan fingerprint density at radius 2 is 1.31 bits per heavy atom. The molecule has 0 aromatic heterocycles. The molecule has 0 aliphatic heterocycles. The molecule has 0 heterocycles. The Hall–Kier alpha value is -2.09. The first kappa shape index (κ1) is 34.4. The predicted octanol–water partition coefficient (Wildman–Crippen LogP) is 7.22. The van der Waals surface area contributed by atoms with Gasteiger partial charge in [-0.15, -0.1) is 0 Å². The SMILES string of the molecule is CCCCCCCCc1ccc(C(=O)OSc2ccccc2)cc1.F.F.F.F.F. The summed E-state index contributed by atoms with van der Waals surface area (Å²) in [5, 5.41) is 0. The Bertz CT molecular complexity index is 612. The Labute approximate surface area is 173 Å². The Morgan fingerprint density at radius 3 is 1.90 bits per heavy atom. The molecule has 0 bridgehead atoms. The third-order valence-electron chi connectivity index (χ3n) is 3.97. The molecule has 0 unspecified atom stereocenters. The van der Waals surface area contributed by atoms with E-state index in [1.807, 2.05) is 54.6 Å². The molecule has 0 saturated carbocycles. The van der Waals surface area contributed by atoms with Gasteiger partial charge in [0.25, 0.3) is 0 Å². The van der Waals surface area contributed by atoms with Crippen LogP contribution in [0.3, 0.4) is 0 Å². The Balaban J connectivity index is -0.000000625. The van der Waals surface area contributed by atoms with Crippen LogP contribution >= 0.6 is 12.0 Å². The zero-order chi connectivity index (χ0) is 17.0. The molecule has 2 aromatic carbocycles. The van der Waals surface area contributed by atoms with E-state index in [-0.39, 0.29) is 29.5 Å². The van der Waals surface area contributed by atoms with Crippen LogP contribution in [0.4, 0.5) is 23.5 Å². The zero-order valence-corrected chi connectivity index (χ0v) is 17.2. The summed E-state index contributed by atoms with van der Waals surface area (Å²) in [5.74, 6) is -0.296. The summed E-state index contributed by atoms with van der Waals surface area (Å²) in [6.07, 6.45) is 8.91. The topological polar surface area (TPSA) is 26.3 Å². The van der Waals surface area contributed by atoms with E-state index in [9.17, 15) is 4.79 Å². The minimum Gasteiger partial charge on any atom is -0.382 e. The summed E-state index contributed by atoms with van der Waals surface area (Å²) in [7, 11) is 0. The number of rotatable bonds is 10. The third-order valence-corrected chi connectivity index (χ3v) is 4.66. The monoisotopic (exact) mass is 442 g/mol. The minimum absolute atomic E-state index is 0. The average Bonchev–Trinajstić information content (AvgIpc) is 2.64. The first-order valence-corrected chi connectivity index (χ1v) is 9.56. The van der Waals surface area contributed by atoms with Crippen molar-refractivity contribution in [1.82, 2.24) is 0 Å². The van der Waals surface area contributed by atoms with E-state index in [1.54, 1.807) is 0 Å². The van der Waals surface area contributed by atoms with Crippen LogP contribution < -0.4 is 0 Å². The quantitative estimate of drug-likeness (QED) is 0.221. The van der Waals surface area contributed by atoms with Gasteiger partial charge in [-0.25, -0.2) is 4.79 Å². The van der Waals surface area contributed by atoms with E-state index >= 15 is 0 Å². The lowest BCUT2D eigenvalue weighted by atomic mass is 10.0. The van der Waals surface area contributed by atoms with Crippen molar-refractivity contribution < 1.29 is 32.5 Å². The second-order valence-corrected chi connectivity index (χ2v) is 6.79. The van der Waals surface area contributed by atoms with E-state index < -0.39 is 0 Å². The summed E-state index contributed by atoms with van der Waals surface area (Å²) < 4.78 is 5.27. The number of carbonyl (C=O) groups is 1. The highest BCUT2D eigenvalue weighted by molar-refractivity contribution is 7.95. The van der Waals surface area contributed by atoms with E-state index in [0.29, 0.717) is 5.56 Å². The Morgan fingerprint density at radius 1 is 0.759 bits per heavy atom. The normalized spacial score (nSPS) is 8.72. The van der Waals surface area contributed by atoms with Gasteiger partial charge in [-0.2, -0.15) is 0 Å².